The molecule has 1 heteroatoms. The highest BCUT2D eigenvalue weighted by atomic mass is 14.9. The predicted molar refractivity (Wildman–Crippen MR) is 62.7 cm³/mol. The summed E-state index contributed by atoms with van der Waals surface area (Å²) in [5.41, 5.74) is 5.59. The third-order valence-electron chi connectivity index (χ3n) is 2.86. The van der Waals surface area contributed by atoms with E-state index in [4.69, 9.17) is 0 Å². The lowest BCUT2D eigenvalue weighted by atomic mass is 9.96. The molecule has 1 aromatic rings. The predicted octanol–water partition coefficient (Wildman–Crippen LogP) is 3.28. The van der Waals surface area contributed by atoms with Gasteiger partial charge in [0.05, 0.1) is 0 Å². The van der Waals surface area contributed by atoms with E-state index in [0.717, 1.165) is 6.54 Å². The third-order valence-corrected chi connectivity index (χ3v) is 2.86. The van der Waals surface area contributed by atoms with Gasteiger partial charge in [-0.3, -0.25) is 0 Å². The van der Waals surface area contributed by atoms with E-state index in [1.807, 2.05) is 0 Å². The van der Waals surface area contributed by atoms with Crippen molar-refractivity contribution in [2.75, 3.05) is 6.54 Å². The molecule has 1 rings (SSSR count). The molecular weight excluding hydrogens is 170 g/mol. The Labute approximate surface area is 87.5 Å². The lowest BCUT2D eigenvalue weighted by molar-refractivity contribution is 0.595. The smallest absolute Gasteiger partial charge is 0.0294 e. The van der Waals surface area contributed by atoms with E-state index in [9.17, 15) is 0 Å². The highest BCUT2D eigenvalue weighted by Crippen LogP contribution is 2.21. The largest absolute Gasteiger partial charge is 0.310 e. The number of aryl methyl sites for hydroxylation is 3. The van der Waals surface area contributed by atoms with Gasteiger partial charge in [-0.1, -0.05) is 19.1 Å². The summed E-state index contributed by atoms with van der Waals surface area (Å²) in [7, 11) is 0. The molecule has 0 aliphatic carbocycles. The summed E-state index contributed by atoms with van der Waals surface area (Å²) in [5.74, 6) is 0. The summed E-state index contributed by atoms with van der Waals surface area (Å²) >= 11 is 0. The van der Waals surface area contributed by atoms with E-state index in [-0.39, 0.29) is 0 Å². The minimum Gasteiger partial charge on any atom is -0.310 e. The fraction of sp³-hybridized carbons (Fsp3) is 0.538. The molecule has 1 nitrogen and oxygen atoms in total. The highest BCUT2D eigenvalue weighted by molar-refractivity contribution is 5.37. The van der Waals surface area contributed by atoms with Crippen LogP contribution in [0.2, 0.25) is 0 Å². The van der Waals surface area contributed by atoms with Crippen LogP contribution in [0.3, 0.4) is 0 Å². The average Bonchev–Trinajstić information content (AvgIpc) is 2.11. The molecule has 0 bridgehead atoms. The van der Waals surface area contributed by atoms with Crippen LogP contribution in [0.1, 0.15) is 42.1 Å². The summed E-state index contributed by atoms with van der Waals surface area (Å²) in [5, 5.41) is 3.45. The van der Waals surface area contributed by atoms with E-state index >= 15 is 0 Å². The van der Waals surface area contributed by atoms with Gasteiger partial charge in [-0.05, 0) is 56.5 Å². The maximum Gasteiger partial charge on any atom is 0.0294 e. The highest BCUT2D eigenvalue weighted by Gasteiger charge is 2.08. The second-order valence-electron chi connectivity index (χ2n) is 4.07. The van der Waals surface area contributed by atoms with Gasteiger partial charge in [0.25, 0.3) is 0 Å². The van der Waals surface area contributed by atoms with Crippen molar-refractivity contribution in [3.8, 4) is 0 Å². The molecule has 0 aliphatic heterocycles. The number of benzene rings is 1. The molecule has 0 radical (unpaired) electrons. The van der Waals surface area contributed by atoms with Crippen LogP contribution in [-0.2, 0) is 0 Å². The molecule has 14 heavy (non-hydrogen) atoms. The Bertz CT molecular complexity index is 315. The zero-order valence-electron chi connectivity index (χ0n) is 9.94. The van der Waals surface area contributed by atoms with Gasteiger partial charge in [-0.2, -0.15) is 0 Å². The number of rotatable bonds is 3. The zero-order chi connectivity index (χ0) is 10.7. The number of hydrogen-bond donors (Lipinski definition) is 1. The van der Waals surface area contributed by atoms with Crippen LogP contribution in [0.4, 0.5) is 0 Å². The van der Waals surface area contributed by atoms with Crippen molar-refractivity contribution < 1.29 is 0 Å². The van der Waals surface area contributed by atoms with E-state index in [2.05, 4.69) is 52.1 Å². The van der Waals surface area contributed by atoms with Crippen LogP contribution in [0.5, 0.6) is 0 Å². The van der Waals surface area contributed by atoms with Crippen molar-refractivity contribution in [1.29, 1.82) is 0 Å². The third kappa shape index (κ3) is 2.36. The molecule has 0 heterocycles. The SMILES string of the molecule is CCNC(C)c1cc(C)c(C)cc1C. The summed E-state index contributed by atoms with van der Waals surface area (Å²) in [4.78, 5) is 0. The maximum absolute atomic E-state index is 3.45. The van der Waals surface area contributed by atoms with Crippen molar-refractivity contribution in [3.05, 3.63) is 34.4 Å². The second kappa shape index (κ2) is 4.61. The average molecular weight is 191 g/mol. The minimum absolute atomic E-state index is 0.458. The summed E-state index contributed by atoms with van der Waals surface area (Å²) in [6.45, 7) is 11.9. The zero-order valence-corrected chi connectivity index (χ0v) is 9.94. The van der Waals surface area contributed by atoms with Crippen LogP contribution in [0, 0.1) is 20.8 Å². The van der Waals surface area contributed by atoms with Gasteiger partial charge in [0.1, 0.15) is 0 Å². The van der Waals surface area contributed by atoms with E-state index in [1.54, 1.807) is 0 Å². The van der Waals surface area contributed by atoms with Gasteiger partial charge >= 0.3 is 0 Å². The summed E-state index contributed by atoms with van der Waals surface area (Å²) in [6.07, 6.45) is 0. The molecule has 1 aromatic carbocycles. The summed E-state index contributed by atoms with van der Waals surface area (Å²) in [6, 6.07) is 5.04. The molecule has 0 fully saturated rings. The lowest BCUT2D eigenvalue weighted by Crippen LogP contribution is -2.18. The first kappa shape index (κ1) is 11.3. The first-order chi connectivity index (χ1) is 6.56. The van der Waals surface area contributed by atoms with Crippen LogP contribution in [0.25, 0.3) is 0 Å². The van der Waals surface area contributed by atoms with Gasteiger partial charge in [0, 0.05) is 6.04 Å². The molecule has 0 aliphatic rings. The van der Waals surface area contributed by atoms with Crippen molar-refractivity contribution >= 4 is 0 Å². The molecule has 1 unspecified atom stereocenters. The Hall–Kier alpha value is -0.820. The van der Waals surface area contributed by atoms with Crippen LogP contribution < -0.4 is 5.32 Å². The number of hydrogen-bond acceptors (Lipinski definition) is 1. The molecule has 0 spiro atoms. The normalized spacial score (nSPS) is 12.9. The fourth-order valence-corrected chi connectivity index (χ4v) is 1.87. The van der Waals surface area contributed by atoms with Crippen LogP contribution in [0.15, 0.2) is 12.1 Å². The van der Waals surface area contributed by atoms with Gasteiger partial charge in [0.2, 0.25) is 0 Å². The fourth-order valence-electron chi connectivity index (χ4n) is 1.87. The standard InChI is InChI=1S/C13H21N/c1-6-14-12(5)13-8-10(3)9(2)7-11(13)4/h7-8,12,14H,6H2,1-5H3. The second-order valence-corrected chi connectivity index (χ2v) is 4.07. The minimum atomic E-state index is 0.458. The van der Waals surface area contributed by atoms with Crippen molar-refractivity contribution in [3.63, 3.8) is 0 Å². The lowest BCUT2D eigenvalue weighted by Gasteiger charge is -2.17. The Morgan fingerprint density at radius 3 is 2.21 bits per heavy atom. The van der Waals surface area contributed by atoms with Crippen LogP contribution >= 0.6 is 0 Å². The maximum atomic E-state index is 3.45. The van der Waals surface area contributed by atoms with E-state index in [1.165, 1.54) is 22.3 Å². The molecule has 0 amide bonds. The first-order valence-electron chi connectivity index (χ1n) is 5.37. The number of nitrogens with one attached hydrogen (secondary N) is 1. The monoisotopic (exact) mass is 191 g/mol. The quantitative estimate of drug-likeness (QED) is 0.773. The molecule has 1 atom stereocenters. The van der Waals surface area contributed by atoms with Crippen molar-refractivity contribution in [1.82, 2.24) is 5.32 Å². The van der Waals surface area contributed by atoms with E-state index < -0.39 is 0 Å². The van der Waals surface area contributed by atoms with E-state index in [0.29, 0.717) is 6.04 Å². The van der Waals surface area contributed by atoms with Gasteiger partial charge in [-0.15, -0.1) is 0 Å². The van der Waals surface area contributed by atoms with Crippen molar-refractivity contribution in [2.45, 2.75) is 40.7 Å². The Morgan fingerprint density at radius 2 is 1.64 bits per heavy atom. The Balaban J connectivity index is 3.02. The molecule has 1 N–H and O–H groups in total. The molecule has 0 saturated carbocycles. The van der Waals surface area contributed by atoms with Gasteiger partial charge in [0.15, 0.2) is 0 Å². The van der Waals surface area contributed by atoms with Crippen LogP contribution in [-0.4, -0.2) is 6.54 Å². The summed E-state index contributed by atoms with van der Waals surface area (Å²) < 4.78 is 0. The Morgan fingerprint density at radius 1 is 1.07 bits per heavy atom. The molecule has 0 saturated heterocycles. The molecular formula is C13H21N. The Kier molecular flexibility index (Phi) is 3.70. The van der Waals surface area contributed by atoms with Gasteiger partial charge < -0.3 is 5.32 Å². The molecule has 78 valence electrons. The topological polar surface area (TPSA) is 12.0 Å². The molecule has 0 aromatic heterocycles. The first-order valence-corrected chi connectivity index (χ1v) is 5.37. The van der Waals surface area contributed by atoms with Crippen molar-refractivity contribution in [2.24, 2.45) is 0 Å². The van der Waals surface area contributed by atoms with Gasteiger partial charge in [-0.25, -0.2) is 0 Å².